The lowest BCUT2D eigenvalue weighted by molar-refractivity contribution is 0.169. The summed E-state index contributed by atoms with van der Waals surface area (Å²) >= 11 is 0. The number of nitrogens with zero attached hydrogens (tertiary/aromatic N) is 3. The number of urea groups is 1. The number of benzene rings is 1. The summed E-state index contributed by atoms with van der Waals surface area (Å²) < 4.78 is 53.5. The number of pyridine rings is 1. The van der Waals surface area contributed by atoms with Crippen LogP contribution in [0.2, 0.25) is 0 Å². The van der Waals surface area contributed by atoms with Crippen LogP contribution in [0.4, 0.5) is 13.6 Å². The number of halogens is 2. The van der Waals surface area contributed by atoms with Crippen molar-refractivity contribution in [2.45, 2.75) is 17.9 Å². The topological polar surface area (TPSA) is 82.6 Å². The first kappa shape index (κ1) is 20.2. The predicted molar refractivity (Wildman–Crippen MR) is 97.9 cm³/mol. The zero-order chi connectivity index (χ0) is 20.3. The van der Waals surface area contributed by atoms with E-state index < -0.39 is 26.6 Å². The molecule has 0 aliphatic carbocycles. The Labute approximate surface area is 162 Å². The van der Waals surface area contributed by atoms with Crippen LogP contribution in [0.5, 0.6) is 0 Å². The van der Waals surface area contributed by atoms with E-state index in [4.69, 9.17) is 0 Å². The fourth-order valence-corrected chi connectivity index (χ4v) is 4.43. The van der Waals surface area contributed by atoms with Gasteiger partial charge in [0.05, 0.1) is 11.7 Å². The van der Waals surface area contributed by atoms with Crippen LogP contribution in [0.25, 0.3) is 0 Å². The second-order valence-electron chi connectivity index (χ2n) is 6.39. The molecule has 2 amide bonds. The van der Waals surface area contributed by atoms with Crippen LogP contribution < -0.4 is 5.32 Å². The minimum absolute atomic E-state index is 0.0102. The highest BCUT2D eigenvalue weighted by molar-refractivity contribution is 7.89. The average Bonchev–Trinajstić information content (AvgIpc) is 2.70. The van der Waals surface area contributed by atoms with E-state index in [1.807, 2.05) is 6.07 Å². The molecule has 1 aliphatic heterocycles. The highest BCUT2D eigenvalue weighted by Crippen LogP contribution is 2.22. The summed E-state index contributed by atoms with van der Waals surface area (Å²) in [6.07, 6.45) is 1.63. The Morgan fingerprint density at radius 2 is 1.86 bits per heavy atom. The minimum Gasteiger partial charge on any atom is -0.330 e. The Bertz CT molecular complexity index is 949. The van der Waals surface area contributed by atoms with Crippen LogP contribution in [0, 0.1) is 11.6 Å². The molecule has 1 aliphatic rings. The van der Waals surface area contributed by atoms with Gasteiger partial charge in [0.1, 0.15) is 16.5 Å². The monoisotopic (exact) mass is 410 g/mol. The van der Waals surface area contributed by atoms with E-state index in [0.29, 0.717) is 11.8 Å². The molecule has 150 valence electrons. The number of piperazine rings is 1. The van der Waals surface area contributed by atoms with Gasteiger partial charge < -0.3 is 10.2 Å². The van der Waals surface area contributed by atoms with E-state index in [0.717, 1.165) is 16.4 Å². The maximum Gasteiger partial charge on any atom is 0.318 e. The normalized spacial score (nSPS) is 16.6. The fraction of sp³-hybridized carbons (Fsp3) is 0.333. The SMILES string of the molecule is CC(NC(=O)N1CCN(S(=O)(=O)c2cc(F)ccc2F)CC1)c1ccccn1. The Balaban J connectivity index is 1.62. The Morgan fingerprint density at radius 1 is 1.14 bits per heavy atom. The second kappa shape index (κ2) is 8.19. The quantitative estimate of drug-likeness (QED) is 0.837. The number of nitrogens with one attached hydrogen (secondary N) is 1. The number of hydrogen-bond donors (Lipinski definition) is 1. The highest BCUT2D eigenvalue weighted by atomic mass is 32.2. The number of sulfonamides is 1. The van der Waals surface area contributed by atoms with Gasteiger partial charge in [-0.1, -0.05) is 6.07 Å². The third kappa shape index (κ3) is 4.28. The number of amides is 2. The average molecular weight is 410 g/mol. The number of carbonyl (C=O) groups excluding carboxylic acids is 1. The first-order valence-corrected chi connectivity index (χ1v) is 10.1. The molecule has 1 aromatic heterocycles. The zero-order valence-corrected chi connectivity index (χ0v) is 16.0. The Hall–Kier alpha value is -2.59. The molecule has 2 aromatic rings. The molecule has 2 heterocycles. The van der Waals surface area contributed by atoms with Crippen LogP contribution >= 0.6 is 0 Å². The van der Waals surface area contributed by atoms with Crippen molar-refractivity contribution in [3.8, 4) is 0 Å². The molecule has 28 heavy (non-hydrogen) atoms. The van der Waals surface area contributed by atoms with Crippen LogP contribution in [-0.4, -0.2) is 54.8 Å². The maximum atomic E-state index is 13.9. The second-order valence-corrected chi connectivity index (χ2v) is 8.30. The smallest absolute Gasteiger partial charge is 0.318 e. The van der Waals surface area contributed by atoms with E-state index in [9.17, 15) is 22.0 Å². The largest absolute Gasteiger partial charge is 0.330 e. The molecule has 7 nitrogen and oxygen atoms in total. The summed E-state index contributed by atoms with van der Waals surface area (Å²) in [7, 11) is -4.18. The van der Waals surface area contributed by atoms with Gasteiger partial charge in [-0.3, -0.25) is 4.98 Å². The molecule has 3 rings (SSSR count). The van der Waals surface area contributed by atoms with Gasteiger partial charge in [-0.05, 0) is 37.3 Å². The summed E-state index contributed by atoms with van der Waals surface area (Å²) in [5.41, 5.74) is 0.707. The van der Waals surface area contributed by atoms with Crippen molar-refractivity contribution in [3.05, 3.63) is 59.9 Å². The van der Waals surface area contributed by atoms with E-state index >= 15 is 0 Å². The molecule has 10 heteroatoms. The van der Waals surface area contributed by atoms with Crippen molar-refractivity contribution in [2.75, 3.05) is 26.2 Å². The van der Waals surface area contributed by atoms with Crippen molar-refractivity contribution in [2.24, 2.45) is 0 Å². The van der Waals surface area contributed by atoms with Crippen molar-refractivity contribution >= 4 is 16.1 Å². The summed E-state index contributed by atoms with van der Waals surface area (Å²) in [5, 5.41) is 2.81. The molecular formula is C18H20F2N4O3S. The van der Waals surface area contributed by atoms with Gasteiger partial charge in [-0.2, -0.15) is 4.31 Å². The molecule has 1 N–H and O–H groups in total. The maximum absolute atomic E-state index is 13.9. The lowest BCUT2D eigenvalue weighted by Crippen LogP contribution is -2.53. The molecule has 0 saturated carbocycles. The van der Waals surface area contributed by atoms with E-state index in [-0.39, 0.29) is 38.3 Å². The Morgan fingerprint density at radius 3 is 2.50 bits per heavy atom. The van der Waals surface area contributed by atoms with Gasteiger partial charge in [-0.25, -0.2) is 22.0 Å². The van der Waals surface area contributed by atoms with E-state index in [1.165, 1.54) is 4.90 Å². The molecule has 0 bridgehead atoms. The Kier molecular flexibility index (Phi) is 5.90. The van der Waals surface area contributed by atoms with Crippen molar-refractivity contribution < 1.29 is 22.0 Å². The van der Waals surface area contributed by atoms with E-state index in [1.54, 1.807) is 25.3 Å². The first-order valence-electron chi connectivity index (χ1n) is 8.70. The molecule has 1 saturated heterocycles. The van der Waals surface area contributed by atoms with Gasteiger partial charge >= 0.3 is 6.03 Å². The molecule has 0 radical (unpaired) electrons. The third-order valence-corrected chi connectivity index (χ3v) is 6.42. The number of rotatable bonds is 4. The van der Waals surface area contributed by atoms with Crippen LogP contribution in [-0.2, 0) is 10.0 Å². The van der Waals surface area contributed by atoms with Gasteiger partial charge in [0.25, 0.3) is 0 Å². The third-order valence-electron chi connectivity index (χ3n) is 4.51. The molecule has 1 atom stereocenters. The van der Waals surface area contributed by atoms with Gasteiger partial charge in [0.2, 0.25) is 10.0 Å². The summed E-state index contributed by atoms with van der Waals surface area (Å²) in [6, 6.07) is 7.05. The van der Waals surface area contributed by atoms with Crippen molar-refractivity contribution in [1.82, 2.24) is 19.5 Å². The van der Waals surface area contributed by atoms with Crippen LogP contribution in [0.1, 0.15) is 18.7 Å². The van der Waals surface area contributed by atoms with Crippen molar-refractivity contribution in [1.29, 1.82) is 0 Å². The number of hydrogen-bond acceptors (Lipinski definition) is 4. The molecule has 1 fully saturated rings. The predicted octanol–water partition coefficient (Wildman–Crippen LogP) is 2.14. The first-order chi connectivity index (χ1) is 13.3. The van der Waals surface area contributed by atoms with Crippen LogP contribution in [0.3, 0.4) is 0 Å². The van der Waals surface area contributed by atoms with E-state index in [2.05, 4.69) is 10.3 Å². The zero-order valence-electron chi connectivity index (χ0n) is 15.2. The van der Waals surface area contributed by atoms with Gasteiger partial charge in [-0.15, -0.1) is 0 Å². The lowest BCUT2D eigenvalue weighted by atomic mass is 10.2. The van der Waals surface area contributed by atoms with Gasteiger partial charge in [0, 0.05) is 32.4 Å². The molecular weight excluding hydrogens is 390 g/mol. The fourth-order valence-electron chi connectivity index (χ4n) is 2.93. The minimum atomic E-state index is -4.18. The summed E-state index contributed by atoms with van der Waals surface area (Å²) in [6.45, 7) is 2.05. The van der Waals surface area contributed by atoms with Crippen molar-refractivity contribution in [3.63, 3.8) is 0 Å². The summed E-state index contributed by atoms with van der Waals surface area (Å²) in [5.74, 6) is -1.84. The molecule has 1 aromatic carbocycles. The lowest BCUT2D eigenvalue weighted by Gasteiger charge is -2.34. The van der Waals surface area contributed by atoms with Crippen LogP contribution in [0.15, 0.2) is 47.5 Å². The van der Waals surface area contributed by atoms with Gasteiger partial charge in [0.15, 0.2) is 0 Å². The molecule has 0 spiro atoms. The number of carbonyl (C=O) groups is 1. The number of aromatic nitrogens is 1. The summed E-state index contributed by atoms with van der Waals surface area (Å²) in [4.78, 5) is 17.4. The standard InChI is InChI=1S/C18H20F2N4O3S/c1-13(16-4-2-3-7-21-16)22-18(25)23-8-10-24(11-9-23)28(26,27)17-12-14(19)5-6-15(17)20/h2-7,12-13H,8-11H2,1H3,(H,22,25). The highest BCUT2D eigenvalue weighted by Gasteiger charge is 2.32. The molecule has 1 unspecified atom stereocenters.